The van der Waals surface area contributed by atoms with Gasteiger partial charge in [-0.15, -0.1) is 0 Å². The summed E-state index contributed by atoms with van der Waals surface area (Å²) in [5.74, 6) is -4.82. The Hall–Kier alpha value is -1.89. The summed E-state index contributed by atoms with van der Waals surface area (Å²) < 4.78 is 0.220. The van der Waals surface area contributed by atoms with E-state index in [2.05, 4.69) is 19.1 Å². The molecule has 0 radical (unpaired) electrons. The third-order valence-electron chi connectivity index (χ3n) is 7.64. The molecule has 7 nitrogen and oxygen atoms in total. The Kier molecular flexibility index (Phi) is 20.9. The Morgan fingerprint density at radius 1 is 0.553 bits per heavy atom. The van der Waals surface area contributed by atoms with Crippen LogP contribution in [0.15, 0.2) is 12.2 Å². The van der Waals surface area contributed by atoms with Crippen LogP contribution in [0.4, 0.5) is 0 Å². The van der Waals surface area contributed by atoms with Gasteiger partial charge in [0.1, 0.15) is 17.8 Å². The molecule has 0 aliphatic rings. The molecule has 0 fully saturated rings. The Morgan fingerprint density at radius 3 is 1.21 bits per heavy atom. The number of rotatable bonds is 26. The van der Waals surface area contributed by atoms with Gasteiger partial charge in [-0.3, -0.25) is 14.4 Å². The quantitative estimate of drug-likeness (QED) is 0.0599. The summed E-state index contributed by atoms with van der Waals surface area (Å²) in [4.78, 5) is 34.8. The first-order chi connectivity index (χ1) is 18.0. The van der Waals surface area contributed by atoms with Gasteiger partial charge in [-0.1, -0.05) is 76.9 Å². The Labute approximate surface area is 232 Å². The number of quaternary nitrogens is 1. The minimum atomic E-state index is -0.935. The van der Waals surface area contributed by atoms with E-state index in [1.165, 1.54) is 64.2 Å². The lowest BCUT2D eigenvalue weighted by Crippen LogP contribution is -2.57. The second-order valence-electron chi connectivity index (χ2n) is 11.6. The predicted molar refractivity (Wildman–Crippen MR) is 154 cm³/mol. The average molecular weight is 541 g/mol. The fourth-order valence-corrected chi connectivity index (χ4v) is 5.35. The zero-order chi connectivity index (χ0) is 28.8. The Balaban J connectivity index is 4.47. The van der Waals surface area contributed by atoms with Crippen molar-refractivity contribution in [1.82, 2.24) is 0 Å². The number of carbonyl (C=O) groups is 3. The van der Waals surface area contributed by atoms with Crippen LogP contribution in [0.2, 0.25) is 0 Å². The zero-order valence-corrected chi connectivity index (χ0v) is 24.8. The molecule has 0 aliphatic heterocycles. The zero-order valence-electron chi connectivity index (χ0n) is 24.8. The van der Waals surface area contributed by atoms with Crippen LogP contribution in [-0.4, -0.2) is 63.9 Å². The van der Waals surface area contributed by atoms with Crippen molar-refractivity contribution in [2.45, 2.75) is 124 Å². The van der Waals surface area contributed by atoms with Crippen LogP contribution < -0.4 is 0 Å². The molecule has 0 bridgehead atoms. The molecule has 0 heterocycles. The van der Waals surface area contributed by atoms with Gasteiger partial charge >= 0.3 is 17.9 Å². The van der Waals surface area contributed by atoms with Crippen LogP contribution in [0, 0.1) is 17.8 Å². The standard InChI is InChI=1S/C31H57NO6/c1-5-6-7-8-9-10-11-12-13-14-15-16-17-18-19-20-21-22-32(23-26(2)29(33)34,24-27(3)30(35)36)25-28(4)31(37)38/h13-14,26-28H,5-12,15-25H2,1-4H3,(H2-,33,34,35,36,37,38)/p+1/b14-13+. The maximum Gasteiger partial charge on any atom is 0.311 e. The monoisotopic (exact) mass is 540 g/mol. The van der Waals surface area contributed by atoms with E-state index in [1.54, 1.807) is 20.8 Å². The first-order valence-electron chi connectivity index (χ1n) is 15.2. The number of allylic oxidation sites excluding steroid dienone is 2. The molecule has 0 spiro atoms. The molecule has 0 rings (SSSR count). The van der Waals surface area contributed by atoms with Gasteiger partial charge in [-0.05, 0) is 59.3 Å². The SMILES string of the molecule is CCCCCCCCC/C=C/CCCCCCCC[N+](CC(C)C(=O)O)(CC(C)C(=O)O)CC(C)C(=O)O. The molecule has 0 aromatic carbocycles. The van der Waals surface area contributed by atoms with E-state index in [9.17, 15) is 29.7 Å². The van der Waals surface area contributed by atoms with E-state index in [1.807, 2.05) is 0 Å². The Bertz CT molecular complexity index is 622. The maximum absolute atomic E-state index is 11.6. The summed E-state index contributed by atoms with van der Waals surface area (Å²) in [6.07, 6.45) is 22.8. The van der Waals surface area contributed by atoms with Crippen molar-refractivity contribution in [2.75, 3.05) is 26.2 Å². The lowest BCUT2D eigenvalue weighted by molar-refractivity contribution is -0.934. The lowest BCUT2D eigenvalue weighted by Gasteiger charge is -2.42. The van der Waals surface area contributed by atoms with E-state index in [-0.39, 0.29) is 24.1 Å². The highest BCUT2D eigenvalue weighted by Crippen LogP contribution is 2.22. The second kappa shape index (κ2) is 22.0. The first kappa shape index (κ1) is 36.1. The third kappa shape index (κ3) is 18.4. The molecule has 0 aliphatic carbocycles. The van der Waals surface area contributed by atoms with Crippen LogP contribution in [0.3, 0.4) is 0 Å². The molecule has 0 aromatic rings. The average Bonchev–Trinajstić information content (AvgIpc) is 2.85. The first-order valence-corrected chi connectivity index (χ1v) is 15.2. The highest BCUT2D eigenvalue weighted by atomic mass is 16.4. The highest BCUT2D eigenvalue weighted by Gasteiger charge is 2.38. The molecular weight excluding hydrogens is 482 g/mol. The third-order valence-corrected chi connectivity index (χ3v) is 7.64. The molecule has 3 unspecified atom stereocenters. The van der Waals surface area contributed by atoms with Gasteiger partial charge in [-0.25, -0.2) is 0 Å². The summed E-state index contributed by atoms with van der Waals surface area (Å²) in [5.41, 5.74) is 0. The smallest absolute Gasteiger partial charge is 0.311 e. The molecule has 38 heavy (non-hydrogen) atoms. The van der Waals surface area contributed by atoms with Gasteiger partial charge in [-0.2, -0.15) is 0 Å². The Morgan fingerprint density at radius 2 is 0.868 bits per heavy atom. The maximum atomic E-state index is 11.6. The van der Waals surface area contributed by atoms with Crippen molar-refractivity contribution in [3.63, 3.8) is 0 Å². The summed E-state index contributed by atoms with van der Waals surface area (Å²) >= 11 is 0. The number of carboxylic acids is 3. The molecule has 3 N–H and O–H groups in total. The van der Waals surface area contributed by atoms with Gasteiger partial charge < -0.3 is 19.8 Å². The van der Waals surface area contributed by atoms with Crippen LogP contribution in [0.25, 0.3) is 0 Å². The molecule has 222 valence electrons. The molecular formula is C31H58NO6+. The minimum absolute atomic E-state index is 0.220. The molecule has 0 amide bonds. The minimum Gasteiger partial charge on any atom is -0.481 e. The van der Waals surface area contributed by atoms with E-state index in [0.717, 1.165) is 32.1 Å². The van der Waals surface area contributed by atoms with Crippen LogP contribution in [0.1, 0.15) is 124 Å². The van der Waals surface area contributed by atoms with E-state index < -0.39 is 35.7 Å². The molecule has 7 heteroatoms. The summed E-state index contributed by atoms with van der Waals surface area (Å²) in [6.45, 7) is 8.46. The number of aliphatic carboxylic acids is 3. The summed E-state index contributed by atoms with van der Waals surface area (Å²) in [6, 6.07) is 0. The van der Waals surface area contributed by atoms with Crippen molar-refractivity contribution >= 4 is 17.9 Å². The van der Waals surface area contributed by atoms with Crippen molar-refractivity contribution in [3.8, 4) is 0 Å². The van der Waals surface area contributed by atoms with Crippen LogP contribution >= 0.6 is 0 Å². The van der Waals surface area contributed by atoms with Gasteiger partial charge in [0.2, 0.25) is 0 Å². The molecule has 0 saturated heterocycles. The van der Waals surface area contributed by atoms with Crippen molar-refractivity contribution in [2.24, 2.45) is 17.8 Å². The number of hydrogen-bond donors (Lipinski definition) is 3. The van der Waals surface area contributed by atoms with Gasteiger partial charge in [0.25, 0.3) is 0 Å². The van der Waals surface area contributed by atoms with Gasteiger partial charge in [0, 0.05) is 0 Å². The van der Waals surface area contributed by atoms with E-state index in [4.69, 9.17) is 0 Å². The van der Waals surface area contributed by atoms with Gasteiger partial charge in [0.05, 0.1) is 26.2 Å². The number of carboxylic acid groups (broad SMARTS) is 3. The molecule has 3 atom stereocenters. The fourth-order valence-electron chi connectivity index (χ4n) is 5.35. The molecule has 0 saturated carbocycles. The van der Waals surface area contributed by atoms with Crippen molar-refractivity contribution in [3.05, 3.63) is 12.2 Å². The number of unbranched alkanes of at least 4 members (excludes halogenated alkanes) is 13. The lowest BCUT2D eigenvalue weighted by atomic mass is 10.0. The highest BCUT2D eigenvalue weighted by molar-refractivity contribution is 5.70. The van der Waals surface area contributed by atoms with Crippen LogP contribution in [0.5, 0.6) is 0 Å². The largest absolute Gasteiger partial charge is 0.481 e. The number of nitrogens with zero attached hydrogens (tertiary/aromatic N) is 1. The predicted octanol–water partition coefficient (Wildman–Crippen LogP) is 7.39. The number of hydrogen-bond acceptors (Lipinski definition) is 3. The summed E-state index contributed by atoms with van der Waals surface area (Å²) in [7, 11) is 0. The molecule has 0 aromatic heterocycles. The summed E-state index contributed by atoms with van der Waals surface area (Å²) in [5, 5.41) is 28.5. The van der Waals surface area contributed by atoms with E-state index >= 15 is 0 Å². The topological polar surface area (TPSA) is 112 Å². The second-order valence-corrected chi connectivity index (χ2v) is 11.6. The van der Waals surface area contributed by atoms with Gasteiger partial charge in [0.15, 0.2) is 0 Å². The normalized spacial score (nSPS) is 15.7. The fraction of sp³-hybridized carbons (Fsp3) is 0.839. The van der Waals surface area contributed by atoms with Crippen molar-refractivity contribution in [1.29, 1.82) is 0 Å². The van der Waals surface area contributed by atoms with Crippen molar-refractivity contribution < 1.29 is 34.2 Å². The van der Waals surface area contributed by atoms with Crippen LogP contribution in [-0.2, 0) is 14.4 Å². The van der Waals surface area contributed by atoms with E-state index in [0.29, 0.717) is 6.54 Å².